The number of nitrogens with zero attached hydrogens (tertiary/aromatic N) is 2. The smallest absolute Gasteiger partial charge is 0.218 e. The Labute approximate surface area is 102 Å². The van der Waals surface area contributed by atoms with Crippen LogP contribution in [0, 0.1) is 12.8 Å². The van der Waals surface area contributed by atoms with Crippen molar-refractivity contribution in [1.29, 1.82) is 0 Å². The van der Waals surface area contributed by atoms with E-state index >= 15 is 0 Å². The number of hydrogen-bond donors (Lipinski definition) is 2. The van der Waals surface area contributed by atoms with Gasteiger partial charge in [-0.2, -0.15) is 4.98 Å². The minimum Gasteiger partial charge on any atom is -0.481 e. The van der Waals surface area contributed by atoms with Gasteiger partial charge >= 0.3 is 0 Å². The highest BCUT2D eigenvalue weighted by molar-refractivity contribution is 5.38. The third-order valence-corrected chi connectivity index (χ3v) is 3.29. The molecule has 0 amide bonds. The quantitative estimate of drug-likeness (QED) is 0.825. The van der Waals surface area contributed by atoms with E-state index in [1.165, 1.54) is 12.8 Å². The van der Waals surface area contributed by atoms with Gasteiger partial charge in [0.1, 0.15) is 11.6 Å². The van der Waals surface area contributed by atoms with E-state index in [9.17, 15) is 0 Å². The van der Waals surface area contributed by atoms with Crippen LogP contribution in [0.4, 0.5) is 5.82 Å². The summed E-state index contributed by atoms with van der Waals surface area (Å²) in [5.74, 6) is 2.67. The molecule has 1 aliphatic rings. The average molecular weight is 236 g/mol. The van der Waals surface area contributed by atoms with Crippen molar-refractivity contribution in [2.75, 3.05) is 19.0 Å². The maximum absolute atomic E-state index is 6.03. The molecule has 1 aromatic rings. The van der Waals surface area contributed by atoms with Crippen LogP contribution in [0.2, 0.25) is 0 Å². The molecule has 1 aliphatic carbocycles. The third-order valence-electron chi connectivity index (χ3n) is 3.29. The van der Waals surface area contributed by atoms with Gasteiger partial charge in [0, 0.05) is 18.7 Å². The van der Waals surface area contributed by atoms with Gasteiger partial charge in [0.05, 0.1) is 7.11 Å². The fourth-order valence-electron chi connectivity index (χ4n) is 2.29. The molecule has 94 valence electrons. The number of anilines is 1. The largest absolute Gasteiger partial charge is 0.481 e. The molecule has 2 unspecified atom stereocenters. The van der Waals surface area contributed by atoms with Gasteiger partial charge in [-0.25, -0.2) is 4.98 Å². The Balaban J connectivity index is 1.96. The summed E-state index contributed by atoms with van der Waals surface area (Å²) < 4.78 is 5.11. The van der Waals surface area contributed by atoms with Crippen molar-refractivity contribution in [3.8, 4) is 5.88 Å². The Morgan fingerprint density at radius 2 is 2.29 bits per heavy atom. The summed E-state index contributed by atoms with van der Waals surface area (Å²) >= 11 is 0. The predicted molar refractivity (Wildman–Crippen MR) is 67.1 cm³/mol. The molecule has 1 fully saturated rings. The lowest BCUT2D eigenvalue weighted by Gasteiger charge is -2.16. The van der Waals surface area contributed by atoms with Crippen LogP contribution in [-0.2, 0) is 0 Å². The van der Waals surface area contributed by atoms with Crippen molar-refractivity contribution in [3.63, 3.8) is 0 Å². The molecule has 1 saturated carbocycles. The molecule has 0 bridgehead atoms. The van der Waals surface area contributed by atoms with E-state index in [2.05, 4.69) is 15.3 Å². The third kappa shape index (κ3) is 3.06. The van der Waals surface area contributed by atoms with Gasteiger partial charge in [-0.15, -0.1) is 0 Å². The molecule has 0 saturated heterocycles. The van der Waals surface area contributed by atoms with Gasteiger partial charge in [0.25, 0.3) is 0 Å². The summed E-state index contributed by atoms with van der Waals surface area (Å²) in [4.78, 5) is 8.47. The minimum atomic E-state index is 0.326. The number of ether oxygens (including phenoxy) is 1. The van der Waals surface area contributed by atoms with E-state index < -0.39 is 0 Å². The number of methoxy groups -OCH3 is 1. The van der Waals surface area contributed by atoms with E-state index in [0.29, 0.717) is 23.7 Å². The Bertz CT molecular complexity index is 383. The summed E-state index contributed by atoms with van der Waals surface area (Å²) in [6.45, 7) is 2.73. The van der Waals surface area contributed by atoms with Gasteiger partial charge in [-0.1, -0.05) is 6.42 Å². The van der Waals surface area contributed by atoms with E-state index in [1.807, 2.05) is 13.0 Å². The highest BCUT2D eigenvalue weighted by Crippen LogP contribution is 2.24. The summed E-state index contributed by atoms with van der Waals surface area (Å²) in [6.07, 6.45) is 3.58. The normalized spacial score (nSPS) is 23.7. The van der Waals surface area contributed by atoms with Gasteiger partial charge in [0.15, 0.2) is 0 Å². The van der Waals surface area contributed by atoms with Crippen LogP contribution in [0.15, 0.2) is 6.07 Å². The first-order valence-electron chi connectivity index (χ1n) is 6.08. The molecule has 0 aromatic carbocycles. The zero-order valence-electron chi connectivity index (χ0n) is 10.4. The molecule has 0 radical (unpaired) electrons. The van der Waals surface area contributed by atoms with E-state index in [1.54, 1.807) is 7.11 Å². The van der Waals surface area contributed by atoms with E-state index in [4.69, 9.17) is 10.5 Å². The second-order valence-corrected chi connectivity index (χ2v) is 4.58. The van der Waals surface area contributed by atoms with E-state index in [0.717, 1.165) is 18.8 Å². The van der Waals surface area contributed by atoms with Crippen LogP contribution < -0.4 is 15.8 Å². The molecule has 3 N–H and O–H groups in total. The first kappa shape index (κ1) is 12.1. The standard InChI is InChI=1S/C12H20N4O/c1-8-15-11(6-12(16-8)17-2)14-7-9-4-3-5-10(9)13/h6,9-10H,3-5,7,13H2,1-2H3,(H,14,15,16). The first-order valence-corrected chi connectivity index (χ1v) is 6.08. The topological polar surface area (TPSA) is 73.1 Å². The minimum absolute atomic E-state index is 0.326. The average Bonchev–Trinajstić information content (AvgIpc) is 2.71. The second-order valence-electron chi connectivity index (χ2n) is 4.58. The fourth-order valence-corrected chi connectivity index (χ4v) is 2.29. The van der Waals surface area contributed by atoms with Crippen LogP contribution in [0.3, 0.4) is 0 Å². The molecule has 0 aliphatic heterocycles. The van der Waals surface area contributed by atoms with Gasteiger partial charge in [-0.3, -0.25) is 0 Å². The van der Waals surface area contributed by atoms with Crippen LogP contribution in [0.25, 0.3) is 0 Å². The lowest BCUT2D eigenvalue weighted by atomic mass is 10.1. The predicted octanol–water partition coefficient (Wildman–Crippen LogP) is 1.33. The van der Waals surface area contributed by atoms with Crippen molar-refractivity contribution >= 4 is 5.82 Å². The summed E-state index contributed by atoms with van der Waals surface area (Å²) in [7, 11) is 1.61. The number of aromatic nitrogens is 2. The Morgan fingerprint density at radius 3 is 2.94 bits per heavy atom. The monoisotopic (exact) mass is 236 g/mol. The van der Waals surface area contributed by atoms with Gasteiger partial charge < -0.3 is 15.8 Å². The van der Waals surface area contributed by atoms with E-state index in [-0.39, 0.29) is 0 Å². The van der Waals surface area contributed by atoms with Crippen molar-refractivity contribution < 1.29 is 4.74 Å². The van der Waals surface area contributed by atoms with Crippen LogP contribution in [0.5, 0.6) is 5.88 Å². The molecule has 1 heterocycles. The lowest BCUT2D eigenvalue weighted by Crippen LogP contribution is -2.29. The Hall–Kier alpha value is -1.36. The molecule has 0 spiro atoms. The van der Waals surface area contributed by atoms with Crippen molar-refractivity contribution in [2.24, 2.45) is 11.7 Å². The fraction of sp³-hybridized carbons (Fsp3) is 0.667. The molecule has 5 heteroatoms. The zero-order valence-corrected chi connectivity index (χ0v) is 10.4. The van der Waals surface area contributed by atoms with Gasteiger partial charge in [0.2, 0.25) is 5.88 Å². The molecule has 5 nitrogen and oxygen atoms in total. The van der Waals surface area contributed by atoms with Crippen LogP contribution in [-0.4, -0.2) is 29.7 Å². The SMILES string of the molecule is COc1cc(NCC2CCCC2N)nc(C)n1. The Morgan fingerprint density at radius 1 is 1.47 bits per heavy atom. The second kappa shape index (κ2) is 5.31. The highest BCUT2D eigenvalue weighted by atomic mass is 16.5. The van der Waals surface area contributed by atoms with Crippen LogP contribution >= 0.6 is 0 Å². The number of hydrogen-bond acceptors (Lipinski definition) is 5. The number of nitrogens with two attached hydrogens (primary N) is 1. The molecule has 17 heavy (non-hydrogen) atoms. The molecular formula is C12H20N4O. The van der Waals surface area contributed by atoms with Crippen LogP contribution in [0.1, 0.15) is 25.1 Å². The maximum Gasteiger partial charge on any atom is 0.218 e. The molecule has 2 atom stereocenters. The summed E-state index contributed by atoms with van der Waals surface area (Å²) in [5, 5.41) is 3.32. The lowest BCUT2D eigenvalue weighted by molar-refractivity contribution is 0.395. The highest BCUT2D eigenvalue weighted by Gasteiger charge is 2.23. The van der Waals surface area contributed by atoms with Crippen molar-refractivity contribution in [2.45, 2.75) is 32.2 Å². The Kier molecular flexibility index (Phi) is 3.78. The number of rotatable bonds is 4. The molecule has 1 aromatic heterocycles. The van der Waals surface area contributed by atoms with Crippen molar-refractivity contribution in [1.82, 2.24) is 9.97 Å². The molecule has 2 rings (SSSR count). The number of nitrogens with one attached hydrogen (secondary N) is 1. The number of aryl methyl sites for hydroxylation is 1. The molecular weight excluding hydrogens is 216 g/mol. The van der Waals surface area contributed by atoms with Crippen molar-refractivity contribution in [3.05, 3.63) is 11.9 Å². The maximum atomic E-state index is 6.03. The zero-order chi connectivity index (χ0) is 12.3. The first-order chi connectivity index (χ1) is 8.19. The summed E-state index contributed by atoms with van der Waals surface area (Å²) in [6, 6.07) is 2.14. The van der Waals surface area contributed by atoms with Gasteiger partial charge in [-0.05, 0) is 25.7 Å². The summed E-state index contributed by atoms with van der Waals surface area (Å²) in [5.41, 5.74) is 6.03.